The van der Waals surface area contributed by atoms with E-state index in [1.165, 1.54) is 24.6 Å². The first-order valence-corrected chi connectivity index (χ1v) is 7.79. The number of nitrogens with one attached hydrogen (secondary N) is 1. The number of phenolic OH excluding ortho intramolecular Hbond substituents is 1. The second-order valence-electron chi connectivity index (χ2n) is 6.52. The Morgan fingerprint density at radius 3 is 2.52 bits per heavy atom. The number of aliphatic hydroxyl groups is 1. The highest BCUT2D eigenvalue weighted by Crippen LogP contribution is 2.18. The molecule has 0 unspecified atom stereocenters. The van der Waals surface area contributed by atoms with Gasteiger partial charge >= 0.3 is 6.09 Å². The molecule has 1 aliphatic carbocycles. The van der Waals surface area contributed by atoms with Gasteiger partial charge in [0.15, 0.2) is 0 Å². The van der Waals surface area contributed by atoms with Crippen molar-refractivity contribution < 1.29 is 24.1 Å². The Labute approximate surface area is 136 Å². The summed E-state index contributed by atoms with van der Waals surface area (Å²) in [5.74, 6) is -0.369. The van der Waals surface area contributed by atoms with Gasteiger partial charge in [-0.25, -0.2) is 9.18 Å². The number of hydrogen-bond donors (Lipinski definition) is 3. The largest absolute Gasteiger partial charge is 0.508 e. The van der Waals surface area contributed by atoms with E-state index >= 15 is 0 Å². The fourth-order valence-electron chi connectivity index (χ4n) is 1.90. The summed E-state index contributed by atoms with van der Waals surface area (Å²) in [6.45, 7) is 5.49. The van der Waals surface area contributed by atoms with Crippen LogP contribution < -0.4 is 5.32 Å². The van der Waals surface area contributed by atoms with Crippen molar-refractivity contribution in [2.75, 3.05) is 6.61 Å². The van der Waals surface area contributed by atoms with Crippen LogP contribution in [0, 0.1) is 5.82 Å². The van der Waals surface area contributed by atoms with E-state index in [1.54, 1.807) is 0 Å². The van der Waals surface area contributed by atoms with Crippen LogP contribution in [0.1, 0.15) is 45.6 Å². The number of ether oxygens (including phenoxy) is 1. The molecule has 1 aliphatic rings. The van der Waals surface area contributed by atoms with Crippen molar-refractivity contribution in [3.05, 3.63) is 29.6 Å². The van der Waals surface area contributed by atoms with Gasteiger partial charge in [-0.05, 0) is 70.2 Å². The molecule has 3 N–H and O–H groups in total. The van der Waals surface area contributed by atoms with Gasteiger partial charge in [-0.3, -0.25) is 0 Å². The van der Waals surface area contributed by atoms with Crippen molar-refractivity contribution in [2.24, 2.45) is 0 Å². The molecule has 0 aromatic heterocycles. The maximum absolute atomic E-state index is 12.7. The Kier molecular flexibility index (Phi) is 7.29. The molecular formula is C17H26FNO4. The van der Waals surface area contributed by atoms with Gasteiger partial charge in [0.05, 0.1) is 0 Å². The number of rotatable bonds is 3. The molecule has 2 rings (SSSR count). The molecule has 1 amide bonds. The minimum absolute atomic E-state index is 0.0230. The molecule has 1 aromatic carbocycles. The average Bonchev–Trinajstić information content (AvgIpc) is 2.38. The van der Waals surface area contributed by atoms with Gasteiger partial charge in [0.2, 0.25) is 0 Å². The second-order valence-corrected chi connectivity index (χ2v) is 6.52. The molecule has 23 heavy (non-hydrogen) atoms. The monoisotopic (exact) mass is 327 g/mol. The van der Waals surface area contributed by atoms with Crippen molar-refractivity contribution in [3.8, 4) is 5.75 Å². The highest BCUT2D eigenvalue weighted by Gasteiger charge is 2.22. The zero-order valence-electron chi connectivity index (χ0n) is 13.9. The fraction of sp³-hybridized carbons (Fsp3) is 0.588. The third-order valence-electron chi connectivity index (χ3n) is 3.24. The quantitative estimate of drug-likeness (QED) is 0.797. The van der Waals surface area contributed by atoms with Crippen LogP contribution in [0.3, 0.4) is 0 Å². The SMILES string of the molecule is CC(C)(C)OC(=O)NC1CCC1.OCCc1cc(O)ccc1F. The van der Waals surface area contributed by atoms with Gasteiger partial charge in [-0.1, -0.05) is 0 Å². The third-order valence-corrected chi connectivity index (χ3v) is 3.24. The van der Waals surface area contributed by atoms with Crippen LogP contribution >= 0.6 is 0 Å². The zero-order valence-corrected chi connectivity index (χ0v) is 13.9. The standard InChI is InChI=1S/C9H17NO2.C8H9FO2/c1-9(2,3)12-8(11)10-7-5-4-6-7;9-8-2-1-7(11)5-6(8)3-4-10/h7H,4-6H2,1-3H3,(H,10,11);1-2,5,10-11H,3-4H2. The van der Waals surface area contributed by atoms with Crippen molar-refractivity contribution in [1.29, 1.82) is 0 Å². The first-order chi connectivity index (χ1) is 10.7. The van der Waals surface area contributed by atoms with E-state index < -0.39 is 5.82 Å². The number of aromatic hydroxyl groups is 1. The molecule has 0 heterocycles. The molecule has 1 fully saturated rings. The number of carbonyl (C=O) groups is 1. The summed E-state index contributed by atoms with van der Waals surface area (Å²) in [5, 5.41) is 20.2. The van der Waals surface area contributed by atoms with Gasteiger partial charge in [0, 0.05) is 12.6 Å². The number of alkyl carbamates (subject to hydrolysis) is 1. The number of hydrogen-bond acceptors (Lipinski definition) is 4. The van der Waals surface area contributed by atoms with Crippen LogP contribution in [-0.4, -0.2) is 34.6 Å². The van der Waals surface area contributed by atoms with Crippen LogP contribution in [-0.2, 0) is 11.2 Å². The van der Waals surface area contributed by atoms with E-state index in [9.17, 15) is 9.18 Å². The maximum atomic E-state index is 12.7. The summed E-state index contributed by atoms with van der Waals surface area (Å²) in [5.41, 5.74) is -0.0408. The molecule has 0 aliphatic heterocycles. The molecule has 0 spiro atoms. The molecule has 1 aromatic rings. The van der Waals surface area contributed by atoms with Gasteiger partial charge in [-0.15, -0.1) is 0 Å². The van der Waals surface area contributed by atoms with E-state index in [2.05, 4.69) is 5.32 Å². The molecule has 0 saturated heterocycles. The normalized spacial score (nSPS) is 14.3. The highest BCUT2D eigenvalue weighted by molar-refractivity contribution is 5.68. The summed E-state index contributed by atoms with van der Waals surface area (Å²) in [4.78, 5) is 11.1. The number of halogens is 1. The number of benzene rings is 1. The summed E-state index contributed by atoms with van der Waals surface area (Å²) in [6.07, 6.45) is 3.37. The van der Waals surface area contributed by atoms with Gasteiger partial charge in [0.25, 0.3) is 0 Å². The Balaban J connectivity index is 0.000000231. The second kappa shape index (κ2) is 8.72. The predicted octanol–water partition coefficient (Wildman–Crippen LogP) is 3.13. The Morgan fingerprint density at radius 2 is 2.04 bits per heavy atom. The van der Waals surface area contributed by atoms with Crippen LogP contribution in [0.15, 0.2) is 18.2 Å². The first kappa shape index (κ1) is 19.2. The lowest BCUT2D eigenvalue weighted by Crippen LogP contribution is -2.42. The number of aliphatic hydroxyl groups excluding tert-OH is 1. The molecule has 0 atom stereocenters. The van der Waals surface area contributed by atoms with Crippen molar-refractivity contribution in [1.82, 2.24) is 5.32 Å². The summed E-state index contributed by atoms with van der Waals surface area (Å²) >= 11 is 0. The van der Waals surface area contributed by atoms with Crippen molar-refractivity contribution in [2.45, 2.75) is 58.1 Å². The van der Waals surface area contributed by atoms with E-state index in [4.69, 9.17) is 14.9 Å². The molecule has 0 radical (unpaired) electrons. The van der Waals surface area contributed by atoms with Crippen LogP contribution in [0.5, 0.6) is 5.75 Å². The van der Waals surface area contributed by atoms with E-state index in [1.807, 2.05) is 20.8 Å². The predicted molar refractivity (Wildman–Crippen MR) is 85.9 cm³/mol. The maximum Gasteiger partial charge on any atom is 0.407 e. The zero-order chi connectivity index (χ0) is 17.5. The minimum Gasteiger partial charge on any atom is -0.508 e. The molecule has 130 valence electrons. The lowest BCUT2D eigenvalue weighted by molar-refractivity contribution is 0.0480. The average molecular weight is 327 g/mol. The molecule has 6 heteroatoms. The van der Waals surface area contributed by atoms with Crippen LogP contribution in [0.2, 0.25) is 0 Å². The lowest BCUT2D eigenvalue weighted by Gasteiger charge is -2.28. The van der Waals surface area contributed by atoms with Gasteiger partial charge < -0.3 is 20.3 Å². The van der Waals surface area contributed by atoms with Crippen molar-refractivity contribution >= 4 is 6.09 Å². The van der Waals surface area contributed by atoms with Gasteiger partial charge in [0.1, 0.15) is 17.2 Å². The van der Waals surface area contributed by atoms with Crippen LogP contribution in [0.25, 0.3) is 0 Å². The van der Waals surface area contributed by atoms with E-state index in [0.717, 1.165) is 12.8 Å². The van der Waals surface area contributed by atoms with Crippen molar-refractivity contribution in [3.63, 3.8) is 0 Å². The topological polar surface area (TPSA) is 78.8 Å². The Bertz CT molecular complexity index is 510. The number of phenols is 1. The third kappa shape index (κ3) is 7.83. The molecule has 1 saturated carbocycles. The fourth-order valence-corrected chi connectivity index (χ4v) is 1.90. The Hall–Kier alpha value is -1.82. The van der Waals surface area contributed by atoms with E-state index in [0.29, 0.717) is 11.6 Å². The number of amides is 1. The summed E-state index contributed by atoms with van der Waals surface area (Å²) in [6, 6.07) is 4.13. The summed E-state index contributed by atoms with van der Waals surface area (Å²) < 4.78 is 17.8. The lowest BCUT2D eigenvalue weighted by atomic mass is 9.93. The summed E-state index contributed by atoms with van der Waals surface area (Å²) in [7, 11) is 0. The number of carbonyl (C=O) groups excluding carboxylic acids is 1. The molecule has 0 bridgehead atoms. The minimum atomic E-state index is -0.392. The highest BCUT2D eigenvalue weighted by atomic mass is 19.1. The molecular weight excluding hydrogens is 301 g/mol. The Morgan fingerprint density at radius 1 is 1.39 bits per heavy atom. The molecule has 5 nitrogen and oxygen atoms in total. The van der Waals surface area contributed by atoms with E-state index in [-0.39, 0.29) is 30.5 Å². The van der Waals surface area contributed by atoms with Gasteiger partial charge in [-0.2, -0.15) is 0 Å². The smallest absolute Gasteiger partial charge is 0.407 e. The first-order valence-electron chi connectivity index (χ1n) is 7.79. The van der Waals surface area contributed by atoms with Crippen LogP contribution in [0.4, 0.5) is 9.18 Å².